The molecule has 1 aliphatic heterocycles. The highest BCUT2D eigenvalue weighted by Gasteiger charge is 2.30. The van der Waals surface area contributed by atoms with E-state index in [-0.39, 0.29) is 24.9 Å². The van der Waals surface area contributed by atoms with Crippen LogP contribution in [-0.2, 0) is 24.1 Å². The lowest BCUT2D eigenvalue weighted by Gasteiger charge is -2.28. The molecule has 2 N–H and O–H groups in total. The van der Waals surface area contributed by atoms with Crippen molar-refractivity contribution in [2.24, 2.45) is 5.92 Å². The summed E-state index contributed by atoms with van der Waals surface area (Å²) in [5, 5.41) is 6.84. The lowest BCUT2D eigenvalue weighted by molar-refractivity contribution is -0.137. The van der Waals surface area contributed by atoms with Gasteiger partial charge in [-0.2, -0.15) is 13.2 Å². The minimum atomic E-state index is -4.39. The minimum absolute atomic E-state index is 0.0169. The second kappa shape index (κ2) is 9.74. The van der Waals surface area contributed by atoms with Crippen molar-refractivity contribution < 1.29 is 18.0 Å². The monoisotopic (exact) mass is 457 g/mol. The molecule has 1 amide bonds. The molecular weight excluding hydrogens is 431 g/mol. The van der Waals surface area contributed by atoms with Crippen molar-refractivity contribution in [2.45, 2.75) is 32.1 Å². The molecule has 1 saturated heterocycles. The summed E-state index contributed by atoms with van der Waals surface area (Å²) in [4.78, 5) is 23.8. The summed E-state index contributed by atoms with van der Waals surface area (Å²) in [7, 11) is 2.01. The Bertz CT molecular complexity index is 1130. The van der Waals surface area contributed by atoms with Crippen LogP contribution in [0, 0.1) is 5.92 Å². The molecule has 0 bridgehead atoms. The average Bonchev–Trinajstić information content (AvgIpc) is 2.80. The van der Waals surface area contributed by atoms with Crippen LogP contribution < -0.4 is 10.6 Å². The molecule has 1 aromatic heterocycles. The Balaban J connectivity index is 1.49. The SMILES string of the molecule is CN1CCC[C@@H](C(=O)NCc2nc(NCc3cccc(C(F)(F)F)c3)c3ccccc3n2)C1. The van der Waals surface area contributed by atoms with E-state index < -0.39 is 11.7 Å². The second-order valence-corrected chi connectivity index (χ2v) is 8.38. The van der Waals surface area contributed by atoms with Gasteiger partial charge in [-0.15, -0.1) is 0 Å². The molecule has 0 unspecified atom stereocenters. The molecule has 0 radical (unpaired) electrons. The number of rotatable bonds is 6. The van der Waals surface area contributed by atoms with Gasteiger partial charge in [0.25, 0.3) is 0 Å². The highest BCUT2D eigenvalue weighted by Crippen LogP contribution is 2.30. The molecule has 0 aliphatic carbocycles. The van der Waals surface area contributed by atoms with Crippen LogP contribution in [0.1, 0.15) is 29.8 Å². The molecule has 1 aliphatic rings. The van der Waals surface area contributed by atoms with Crippen LogP contribution in [0.4, 0.5) is 19.0 Å². The number of carbonyl (C=O) groups excluding carboxylic acids is 1. The van der Waals surface area contributed by atoms with E-state index in [0.717, 1.165) is 43.5 Å². The van der Waals surface area contributed by atoms with Crippen LogP contribution in [-0.4, -0.2) is 40.9 Å². The quantitative estimate of drug-likeness (QED) is 0.580. The number of anilines is 1. The fourth-order valence-corrected chi connectivity index (χ4v) is 4.07. The van der Waals surface area contributed by atoms with Gasteiger partial charge in [-0.25, -0.2) is 9.97 Å². The molecule has 3 aromatic rings. The molecule has 0 spiro atoms. The number of alkyl halides is 3. The number of amides is 1. The molecule has 1 atom stereocenters. The minimum Gasteiger partial charge on any atom is -0.365 e. The van der Waals surface area contributed by atoms with Gasteiger partial charge in [0.05, 0.1) is 23.5 Å². The van der Waals surface area contributed by atoms with Gasteiger partial charge >= 0.3 is 6.18 Å². The molecule has 2 heterocycles. The molecule has 4 rings (SSSR count). The van der Waals surface area contributed by atoms with Gasteiger partial charge in [-0.1, -0.05) is 24.3 Å². The molecule has 2 aromatic carbocycles. The number of benzene rings is 2. The first-order chi connectivity index (χ1) is 15.8. The number of nitrogens with zero attached hydrogens (tertiary/aromatic N) is 3. The van der Waals surface area contributed by atoms with E-state index in [4.69, 9.17) is 0 Å². The molecule has 174 valence electrons. The Kier molecular flexibility index (Phi) is 6.78. The summed E-state index contributed by atoms with van der Waals surface area (Å²) >= 11 is 0. The standard InChI is InChI=1S/C24H26F3N5O/c1-32-11-5-7-17(15-32)23(33)29-14-21-30-20-10-3-2-9-19(20)22(31-21)28-13-16-6-4-8-18(12-16)24(25,26)27/h2-4,6,8-10,12,17H,5,7,11,13-15H2,1H3,(H,29,33)(H,28,30,31)/t17-/m1/s1. The predicted octanol–water partition coefficient (Wildman–Crippen LogP) is 4.22. The average molecular weight is 458 g/mol. The largest absolute Gasteiger partial charge is 0.416 e. The summed E-state index contributed by atoms with van der Waals surface area (Å²) in [5.41, 5.74) is 0.496. The fraction of sp³-hybridized carbons (Fsp3) is 0.375. The predicted molar refractivity (Wildman–Crippen MR) is 120 cm³/mol. The van der Waals surface area contributed by atoms with Gasteiger partial charge in [-0.3, -0.25) is 4.79 Å². The van der Waals surface area contributed by atoms with Gasteiger partial charge in [0.15, 0.2) is 5.82 Å². The number of aromatic nitrogens is 2. The van der Waals surface area contributed by atoms with E-state index in [0.29, 0.717) is 22.7 Å². The summed E-state index contributed by atoms with van der Waals surface area (Å²) in [6, 6.07) is 12.6. The lowest BCUT2D eigenvalue weighted by Crippen LogP contribution is -2.41. The maximum atomic E-state index is 13.0. The number of halogens is 3. The van der Waals surface area contributed by atoms with E-state index >= 15 is 0 Å². The van der Waals surface area contributed by atoms with E-state index in [1.54, 1.807) is 6.07 Å². The smallest absolute Gasteiger partial charge is 0.365 e. The van der Waals surface area contributed by atoms with E-state index in [1.165, 1.54) is 6.07 Å². The number of hydrogen-bond donors (Lipinski definition) is 2. The van der Waals surface area contributed by atoms with E-state index in [9.17, 15) is 18.0 Å². The maximum absolute atomic E-state index is 13.0. The number of fused-ring (bicyclic) bond motifs is 1. The number of likely N-dealkylation sites (tertiary alicyclic amines) is 1. The van der Waals surface area contributed by atoms with Crippen LogP contribution in [0.15, 0.2) is 48.5 Å². The number of hydrogen-bond acceptors (Lipinski definition) is 5. The normalized spacial score (nSPS) is 17.2. The molecular formula is C24H26F3N5O. The Morgan fingerprint density at radius 2 is 1.94 bits per heavy atom. The molecule has 0 saturated carbocycles. The van der Waals surface area contributed by atoms with Crippen LogP contribution >= 0.6 is 0 Å². The number of carbonyl (C=O) groups is 1. The third-order valence-corrected chi connectivity index (χ3v) is 5.78. The number of piperidine rings is 1. The van der Waals surface area contributed by atoms with Crippen molar-refractivity contribution in [1.29, 1.82) is 0 Å². The summed E-state index contributed by atoms with van der Waals surface area (Å²) in [5.74, 6) is 0.886. The lowest BCUT2D eigenvalue weighted by atomic mass is 9.98. The van der Waals surface area contributed by atoms with Crippen molar-refractivity contribution >= 4 is 22.6 Å². The zero-order valence-electron chi connectivity index (χ0n) is 18.3. The highest BCUT2D eigenvalue weighted by atomic mass is 19.4. The third-order valence-electron chi connectivity index (χ3n) is 5.78. The van der Waals surface area contributed by atoms with Crippen molar-refractivity contribution in [3.63, 3.8) is 0 Å². The van der Waals surface area contributed by atoms with Crippen molar-refractivity contribution in [3.05, 3.63) is 65.5 Å². The van der Waals surface area contributed by atoms with Gasteiger partial charge < -0.3 is 15.5 Å². The maximum Gasteiger partial charge on any atom is 0.416 e. The molecule has 6 nitrogen and oxygen atoms in total. The topological polar surface area (TPSA) is 70.2 Å². The van der Waals surface area contributed by atoms with Crippen LogP contribution in [0.2, 0.25) is 0 Å². The van der Waals surface area contributed by atoms with Crippen LogP contribution in [0.5, 0.6) is 0 Å². The third kappa shape index (κ3) is 5.78. The zero-order chi connectivity index (χ0) is 23.4. The first-order valence-electron chi connectivity index (χ1n) is 10.9. The second-order valence-electron chi connectivity index (χ2n) is 8.38. The van der Waals surface area contributed by atoms with Gasteiger partial charge in [-0.05, 0) is 56.3 Å². The van der Waals surface area contributed by atoms with Gasteiger partial charge in [0.2, 0.25) is 5.91 Å². The number of para-hydroxylation sites is 1. The first kappa shape index (κ1) is 23.0. The Morgan fingerprint density at radius 3 is 2.73 bits per heavy atom. The Hall–Kier alpha value is -3.20. The fourth-order valence-electron chi connectivity index (χ4n) is 4.07. The summed E-state index contributed by atoms with van der Waals surface area (Å²) < 4.78 is 39.1. The number of nitrogens with one attached hydrogen (secondary N) is 2. The van der Waals surface area contributed by atoms with Gasteiger partial charge in [0, 0.05) is 18.5 Å². The van der Waals surface area contributed by atoms with Crippen molar-refractivity contribution in [1.82, 2.24) is 20.2 Å². The van der Waals surface area contributed by atoms with Crippen molar-refractivity contribution in [2.75, 3.05) is 25.5 Å². The van der Waals surface area contributed by atoms with Crippen LogP contribution in [0.25, 0.3) is 10.9 Å². The summed E-state index contributed by atoms with van der Waals surface area (Å²) in [6.07, 6.45) is -2.54. The zero-order valence-corrected chi connectivity index (χ0v) is 18.3. The van der Waals surface area contributed by atoms with Crippen molar-refractivity contribution in [3.8, 4) is 0 Å². The highest BCUT2D eigenvalue weighted by molar-refractivity contribution is 5.89. The van der Waals surface area contributed by atoms with Gasteiger partial charge in [0.1, 0.15) is 5.82 Å². The molecule has 9 heteroatoms. The van der Waals surface area contributed by atoms with E-state index in [2.05, 4.69) is 25.5 Å². The molecule has 1 fully saturated rings. The van der Waals surface area contributed by atoms with Crippen LogP contribution in [0.3, 0.4) is 0 Å². The Labute approximate surface area is 190 Å². The van der Waals surface area contributed by atoms with E-state index in [1.807, 2.05) is 31.3 Å². The first-order valence-corrected chi connectivity index (χ1v) is 10.9. The molecule has 33 heavy (non-hydrogen) atoms. The summed E-state index contributed by atoms with van der Waals surface area (Å²) in [6.45, 7) is 2.08. The Morgan fingerprint density at radius 1 is 1.12 bits per heavy atom.